The van der Waals surface area contributed by atoms with Gasteiger partial charge < -0.3 is 25.0 Å². The Labute approximate surface area is 182 Å². The summed E-state index contributed by atoms with van der Waals surface area (Å²) in [7, 11) is 0. The van der Waals surface area contributed by atoms with E-state index in [-0.39, 0.29) is 17.3 Å². The van der Waals surface area contributed by atoms with Crippen LogP contribution in [-0.2, 0) is 0 Å². The number of nitrogen functional groups attached to an aromatic ring is 1. The number of carbonyl (C=O) groups is 1. The quantitative estimate of drug-likeness (QED) is 0.454. The zero-order chi connectivity index (χ0) is 22.2. The molecule has 1 aliphatic heterocycles. The Hall–Kier alpha value is -4.27. The van der Waals surface area contributed by atoms with Crippen molar-refractivity contribution in [1.82, 2.24) is 19.7 Å². The smallest absolute Gasteiger partial charge is 0.407 e. The number of carboxylic acid groups (broad SMARTS) is 1. The molecule has 9 heteroatoms. The number of aromatic amines is 1. The first kappa shape index (κ1) is 19.7. The standard InChI is InChI=1S/C23H21N5O4/c24-21-20-19(22(29)26-25-21)18(14-10-11-27(12-14)23(30)31)13-28(20)15-6-8-17(9-7-15)32-16-4-2-1-3-5-16/h1-9,13-14H,10-12H2,(H2,24,25)(H,26,29)(H,30,31)/t14-/m1/s1. The molecular formula is C23H21N5O4. The van der Waals surface area contributed by atoms with Crippen LogP contribution < -0.4 is 16.0 Å². The van der Waals surface area contributed by atoms with Crippen LogP contribution in [-0.4, -0.2) is 44.0 Å². The number of fused-ring (bicyclic) bond motifs is 1. The first-order chi connectivity index (χ1) is 15.5. The molecule has 5 rings (SSSR count). The largest absolute Gasteiger partial charge is 0.465 e. The minimum atomic E-state index is -0.958. The van der Waals surface area contributed by atoms with Crippen molar-refractivity contribution in [2.75, 3.05) is 18.8 Å². The van der Waals surface area contributed by atoms with Crippen LogP contribution in [0.2, 0.25) is 0 Å². The molecule has 1 amide bonds. The highest BCUT2D eigenvalue weighted by Crippen LogP contribution is 2.35. The molecule has 162 valence electrons. The molecule has 3 heterocycles. The van der Waals surface area contributed by atoms with E-state index < -0.39 is 6.09 Å². The highest BCUT2D eigenvalue weighted by molar-refractivity contribution is 5.92. The minimum Gasteiger partial charge on any atom is -0.465 e. The molecule has 1 atom stereocenters. The van der Waals surface area contributed by atoms with Gasteiger partial charge in [-0.2, -0.15) is 5.10 Å². The van der Waals surface area contributed by atoms with Gasteiger partial charge in [0.25, 0.3) is 5.56 Å². The summed E-state index contributed by atoms with van der Waals surface area (Å²) < 4.78 is 7.69. The normalized spacial score (nSPS) is 15.9. The zero-order valence-corrected chi connectivity index (χ0v) is 17.1. The van der Waals surface area contributed by atoms with Gasteiger partial charge in [-0.3, -0.25) is 4.79 Å². The summed E-state index contributed by atoms with van der Waals surface area (Å²) in [5, 5.41) is 16.1. The molecule has 1 saturated heterocycles. The van der Waals surface area contributed by atoms with Crippen LogP contribution in [0.25, 0.3) is 16.6 Å². The van der Waals surface area contributed by atoms with Crippen LogP contribution in [0, 0.1) is 0 Å². The molecule has 4 N–H and O–H groups in total. The molecule has 9 nitrogen and oxygen atoms in total. The lowest BCUT2D eigenvalue weighted by Gasteiger charge is -2.11. The van der Waals surface area contributed by atoms with E-state index in [4.69, 9.17) is 10.5 Å². The summed E-state index contributed by atoms with van der Waals surface area (Å²) in [5.41, 5.74) is 7.87. The summed E-state index contributed by atoms with van der Waals surface area (Å²) in [4.78, 5) is 25.4. The predicted octanol–water partition coefficient (Wildman–Crippen LogP) is 3.56. The van der Waals surface area contributed by atoms with Gasteiger partial charge in [-0.1, -0.05) is 18.2 Å². The van der Waals surface area contributed by atoms with Crippen LogP contribution >= 0.6 is 0 Å². The van der Waals surface area contributed by atoms with Crippen LogP contribution in [0.4, 0.5) is 10.6 Å². The second-order valence-electron chi connectivity index (χ2n) is 7.74. The van der Waals surface area contributed by atoms with E-state index in [1.54, 1.807) is 0 Å². The second kappa shape index (κ2) is 7.77. The van der Waals surface area contributed by atoms with Gasteiger partial charge in [0.2, 0.25) is 0 Å². The van der Waals surface area contributed by atoms with Gasteiger partial charge in [-0.25, -0.2) is 9.89 Å². The SMILES string of the molecule is Nc1n[nH]c(=O)c2c([C@@H]3CCN(C(=O)O)C3)cn(-c3ccc(Oc4ccccc4)cc3)c12. The number of nitrogens with one attached hydrogen (secondary N) is 1. The number of aromatic nitrogens is 3. The number of likely N-dealkylation sites (tertiary alicyclic amines) is 1. The predicted molar refractivity (Wildman–Crippen MR) is 120 cm³/mol. The van der Waals surface area contributed by atoms with Crippen molar-refractivity contribution in [2.45, 2.75) is 12.3 Å². The fourth-order valence-electron chi connectivity index (χ4n) is 4.24. The van der Waals surface area contributed by atoms with Gasteiger partial charge in [0, 0.05) is 30.9 Å². The highest BCUT2D eigenvalue weighted by Gasteiger charge is 2.31. The van der Waals surface area contributed by atoms with E-state index in [9.17, 15) is 14.7 Å². The van der Waals surface area contributed by atoms with E-state index in [1.807, 2.05) is 65.4 Å². The van der Waals surface area contributed by atoms with Crippen LogP contribution in [0.3, 0.4) is 0 Å². The molecule has 4 aromatic rings. The number of H-pyrrole nitrogens is 1. The fourth-order valence-corrected chi connectivity index (χ4v) is 4.24. The highest BCUT2D eigenvalue weighted by atomic mass is 16.5. The maximum atomic E-state index is 12.7. The molecule has 0 aliphatic carbocycles. The average molecular weight is 431 g/mol. The second-order valence-corrected chi connectivity index (χ2v) is 7.74. The van der Waals surface area contributed by atoms with Crippen molar-refractivity contribution in [3.8, 4) is 17.2 Å². The number of anilines is 1. The fraction of sp³-hybridized carbons (Fsp3) is 0.174. The van der Waals surface area contributed by atoms with E-state index in [0.717, 1.165) is 17.0 Å². The van der Waals surface area contributed by atoms with Crippen LogP contribution in [0.5, 0.6) is 11.5 Å². The van der Waals surface area contributed by atoms with Crippen molar-refractivity contribution in [2.24, 2.45) is 0 Å². The van der Waals surface area contributed by atoms with Crippen molar-refractivity contribution in [3.63, 3.8) is 0 Å². The molecule has 2 aromatic heterocycles. The number of hydrogen-bond donors (Lipinski definition) is 3. The topological polar surface area (TPSA) is 126 Å². The first-order valence-electron chi connectivity index (χ1n) is 10.2. The van der Waals surface area contributed by atoms with Crippen molar-refractivity contribution in [1.29, 1.82) is 0 Å². The molecule has 1 fully saturated rings. The number of nitrogens with zero attached hydrogens (tertiary/aromatic N) is 3. The van der Waals surface area contributed by atoms with Gasteiger partial charge in [0.05, 0.1) is 5.39 Å². The van der Waals surface area contributed by atoms with E-state index in [2.05, 4.69) is 10.2 Å². The Kier molecular flexibility index (Phi) is 4.78. The third-order valence-corrected chi connectivity index (χ3v) is 5.77. The zero-order valence-electron chi connectivity index (χ0n) is 17.1. The van der Waals surface area contributed by atoms with Gasteiger partial charge in [0.1, 0.15) is 17.0 Å². The number of benzene rings is 2. The lowest BCUT2D eigenvalue weighted by Crippen LogP contribution is -2.26. The Morgan fingerprint density at radius 1 is 1.12 bits per heavy atom. The average Bonchev–Trinajstić information content (AvgIpc) is 3.44. The van der Waals surface area contributed by atoms with E-state index >= 15 is 0 Å². The lowest BCUT2D eigenvalue weighted by molar-refractivity contribution is 0.155. The summed E-state index contributed by atoms with van der Waals surface area (Å²) in [5.74, 6) is 1.51. The van der Waals surface area contributed by atoms with E-state index in [0.29, 0.717) is 36.2 Å². The Morgan fingerprint density at radius 3 is 2.53 bits per heavy atom. The molecule has 0 spiro atoms. The lowest BCUT2D eigenvalue weighted by atomic mass is 9.99. The number of para-hydroxylation sites is 1. The summed E-state index contributed by atoms with van der Waals surface area (Å²) in [6.45, 7) is 0.761. The molecule has 0 radical (unpaired) electrons. The van der Waals surface area contributed by atoms with Gasteiger partial charge in [-0.15, -0.1) is 0 Å². The van der Waals surface area contributed by atoms with E-state index in [1.165, 1.54) is 4.90 Å². The molecule has 2 aromatic carbocycles. The number of hydrogen-bond acceptors (Lipinski definition) is 5. The van der Waals surface area contributed by atoms with Crippen LogP contribution in [0.15, 0.2) is 65.6 Å². The van der Waals surface area contributed by atoms with Gasteiger partial charge in [0.15, 0.2) is 5.82 Å². The maximum Gasteiger partial charge on any atom is 0.407 e. The summed E-state index contributed by atoms with van der Waals surface area (Å²) in [6, 6.07) is 16.9. The molecule has 0 bridgehead atoms. The monoisotopic (exact) mass is 431 g/mol. The summed E-state index contributed by atoms with van der Waals surface area (Å²) in [6.07, 6.45) is 1.54. The molecule has 0 saturated carbocycles. The van der Waals surface area contributed by atoms with Crippen LogP contribution in [0.1, 0.15) is 17.9 Å². The Balaban J connectivity index is 1.55. The van der Waals surface area contributed by atoms with Crippen molar-refractivity contribution < 1.29 is 14.6 Å². The Bertz CT molecular complexity index is 1340. The summed E-state index contributed by atoms with van der Waals surface area (Å²) >= 11 is 0. The minimum absolute atomic E-state index is 0.0987. The third kappa shape index (κ3) is 3.43. The molecule has 32 heavy (non-hydrogen) atoms. The third-order valence-electron chi connectivity index (χ3n) is 5.77. The number of nitrogens with two attached hydrogens (primary N) is 1. The van der Waals surface area contributed by atoms with Crippen molar-refractivity contribution >= 4 is 22.8 Å². The Morgan fingerprint density at radius 2 is 1.84 bits per heavy atom. The van der Waals surface area contributed by atoms with Gasteiger partial charge in [-0.05, 0) is 48.4 Å². The molecular weight excluding hydrogens is 410 g/mol. The van der Waals surface area contributed by atoms with Gasteiger partial charge >= 0.3 is 6.09 Å². The number of ether oxygens (including phenoxy) is 1. The molecule has 0 unspecified atom stereocenters. The number of amides is 1. The number of rotatable bonds is 4. The maximum absolute atomic E-state index is 12.7. The van der Waals surface area contributed by atoms with Crippen molar-refractivity contribution in [3.05, 3.63) is 76.7 Å². The molecule has 1 aliphatic rings. The first-order valence-corrected chi connectivity index (χ1v) is 10.2.